The van der Waals surface area contributed by atoms with Gasteiger partial charge in [0.1, 0.15) is 4.21 Å². The molecule has 2 aromatic heterocycles. The zero-order chi connectivity index (χ0) is 17.9. The van der Waals surface area contributed by atoms with E-state index in [9.17, 15) is 13.2 Å². The van der Waals surface area contributed by atoms with E-state index in [1.54, 1.807) is 65.1 Å². The molecule has 3 aromatic rings. The number of hydrogen-bond acceptors (Lipinski definition) is 5. The van der Waals surface area contributed by atoms with Crippen LogP contribution < -0.4 is 4.72 Å². The summed E-state index contributed by atoms with van der Waals surface area (Å²) in [6.07, 6.45) is 0. The summed E-state index contributed by atoms with van der Waals surface area (Å²) in [5.41, 5.74) is 0.934. The molecule has 0 saturated heterocycles. The Morgan fingerprint density at radius 1 is 1.04 bits per heavy atom. The third kappa shape index (κ3) is 4.28. The number of carbonyl (C=O) groups is 1. The first-order valence-electron chi connectivity index (χ1n) is 7.40. The Balaban J connectivity index is 1.68. The summed E-state index contributed by atoms with van der Waals surface area (Å²) in [5.74, 6) is -0.110. The highest BCUT2D eigenvalue weighted by Crippen LogP contribution is 2.21. The Bertz CT molecular complexity index is 932. The number of amides is 1. The molecule has 0 spiro atoms. The van der Waals surface area contributed by atoms with Crippen molar-refractivity contribution in [1.82, 2.24) is 4.90 Å². The van der Waals surface area contributed by atoms with Crippen molar-refractivity contribution in [2.45, 2.75) is 10.8 Å². The van der Waals surface area contributed by atoms with Gasteiger partial charge >= 0.3 is 0 Å². The lowest BCUT2D eigenvalue weighted by atomic mass is 10.2. The fourth-order valence-electron chi connectivity index (χ4n) is 2.23. The minimum atomic E-state index is -3.58. The Labute approximate surface area is 154 Å². The van der Waals surface area contributed by atoms with Gasteiger partial charge in [-0.15, -0.1) is 22.7 Å². The van der Waals surface area contributed by atoms with Crippen molar-refractivity contribution in [3.8, 4) is 0 Å². The second-order valence-corrected chi connectivity index (χ2v) is 9.24. The van der Waals surface area contributed by atoms with Crippen LogP contribution in [-0.4, -0.2) is 26.3 Å². The molecule has 0 bridgehead atoms. The number of anilines is 1. The normalized spacial score (nSPS) is 11.2. The van der Waals surface area contributed by atoms with Crippen LogP contribution in [0.1, 0.15) is 15.2 Å². The van der Waals surface area contributed by atoms with Crippen molar-refractivity contribution in [3.05, 3.63) is 69.7 Å². The molecule has 5 nitrogen and oxygen atoms in total. The molecule has 0 fully saturated rings. The Hall–Kier alpha value is -2.16. The van der Waals surface area contributed by atoms with Crippen molar-refractivity contribution in [1.29, 1.82) is 0 Å². The lowest BCUT2D eigenvalue weighted by molar-refractivity contribution is 0.0786. The zero-order valence-electron chi connectivity index (χ0n) is 13.4. The SMILES string of the molecule is CN(Cc1cccs1)C(=O)c1ccc(NS(=O)(=O)c2cccs2)cc1. The molecule has 1 N–H and O–H groups in total. The first-order chi connectivity index (χ1) is 12.0. The standard InChI is InChI=1S/C17H16N2O3S3/c1-19(12-15-4-2-10-23-15)17(20)13-6-8-14(9-7-13)18-25(21,22)16-5-3-11-24-16/h2-11,18H,12H2,1H3. The van der Waals surface area contributed by atoms with Crippen LogP contribution >= 0.6 is 22.7 Å². The Kier molecular flexibility index (Phi) is 5.22. The summed E-state index contributed by atoms with van der Waals surface area (Å²) in [6.45, 7) is 0.545. The van der Waals surface area contributed by atoms with Crippen LogP contribution in [-0.2, 0) is 16.6 Å². The van der Waals surface area contributed by atoms with Gasteiger partial charge in [0.15, 0.2) is 0 Å². The van der Waals surface area contributed by atoms with Crippen molar-refractivity contribution >= 4 is 44.3 Å². The average Bonchev–Trinajstić information content (AvgIpc) is 3.28. The molecule has 0 saturated carbocycles. The summed E-state index contributed by atoms with van der Waals surface area (Å²) < 4.78 is 27.2. The van der Waals surface area contributed by atoms with Gasteiger partial charge in [0.25, 0.3) is 15.9 Å². The maximum absolute atomic E-state index is 12.4. The molecule has 1 aromatic carbocycles. The smallest absolute Gasteiger partial charge is 0.271 e. The van der Waals surface area contributed by atoms with E-state index in [1.165, 1.54) is 0 Å². The molecular weight excluding hydrogens is 376 g/mol. The average molecular weight is 393 g/mol. The number of benzene rings is 1. The van der Waals surface area contributed by atoms with E-state index in [4.69, 9.17) is 0 Å². The summed E-state index contributed by atoms with van der Waals surface area (Å²) in [7, 11) is -1.83. The summed E-state index contributed by atoms with van der Waals surface area (Å²) >= 11 is 2.75. The molecule has 0 aliphatic rings. The van der Waals surface area contributed by atoms with E-state index in [0.717, 1.165) is 16.2 Å². The molecule has 0 aliphatic carbocycles. The predicted octanol–water partition coefficient (Wildman–Crippen LogP) is 3.88. The maximum Gasteiger partial charge on any atom is 0.271 e. The van der Waals surface area contributed by atoms with Crippen LogP contribution in [0.2, 0.25) is 0 Å². The molecule has 0 atom stereocenters. The first-order valence-corrected chi connectivity index (χ1v) is 10.6. The third-order valence-corrected chi connectivity index (χ3v) is 7.10. The second kappa shape index (κ2) is 7.38. The van der Waals surface area contributed by atoms with Crippen molar-refractivity contribution < 1.29 is 13.2 Å². The van der Waals surface area contributed by atoms with E-state index < -0.39 is 10.0 Å². The molecule has 130 valence electrons. The largest absolute Gasteiger partial charge is 0.337 e. The third-order valence-electron chi connectivity index (χ3n) is 3.46. The van der Waals surface area contributed by atoms with Crippen molar-refractivity contribution in [2.24, 2.45) is 0 Å². The lowest BCUT2D eigenvalue weighted by Crippen LogP contribution is -2.25. The second-order valence-electron chi connectivity index (χ2n) is 5.36. The van der Waals surface area contributed by atoms with Crippen LogP contribution in [0.5, 0.6) is 0 Å². The minimum absolute atomic E-state index is 0.110. The van der Waals surface area contributed by atoms with Gasteiger partial charge in [0.05, 0.1) is 6.54 Å². The van der Waals surface area contributed by atoms with Gasteiger partial charge in [-0.1, -0.05) is 12.1 Å². The first kappa shape index (κ1) is 17.7. The van der Waals surface area contributed by atoms with Crippen molar-refractivity contribution in [3.63, 3.8) is 0 Å². The Morgan fingerprint density at radius 2 is 1.72 bits per heavy atom. The van der Waals surface area contributed by atoms with Crippen molar-refractivity contribution in [2.75, 3.05) is 11.8 Å². The molecular formula is C17H16N2O3S3. The highest BCUT2D eigenvalue weighted by Gasteiger charge is 2.16. The van der Waals surface area contributed by atoms with Gasteiger partial charge in [-0.2, -0.15) is 0 Å². The van der Waals surface area contributed by atoms with Crippen LogP contribution in [0.25, 0.3) is 0 Å². The van der Waals surface area contributed by atoms with E-state index in [-0.39, 0.29) is 10.1 Å². The summed E-state index contributed by atoms with van der Waals surface area (Å²) in [4.78, 5) is 15.2. The molecule has 1 amide bonds. The minimum Gasteiger partial charge on any atom is -0.337 e. The van der Waals surface area contributed by atoms with E-state index >= 15 is 0 Å². The summed E-state index contributed by atoms with van der Waals surface area (Å²) in [6, 6.07) is 13.6. The van der Waals surface area contributed by atoms with E-state index in [2.05, 4.69) is 4.72 Å². The number of sulfonamides is 1. The number of thiophene rings is 2. The predicted molar refractivity (Wildman–Crippen MR) is 102 cm³/mol. The molecule has 0 unspecified atom stereocenters. The molecule has 0 radical (unpaired) electrons. The number of nitrogens with one attached hydrogen (secondary N) is 1. The molecule has 0 aliphatic heterocycles. The van der Waals surface area contributed by atoms with Gasteiger partial charge < -0.3 is 4.90 Å². The lowest BCUT2D eigenvalue weighted by Gasteiger charge is -2.16. The fourth-order valence-corrected chi connectivity index (χ4v) is 5.04. The van der Waals surface area contributed by atoms with Gasteiger partial charge in [-0.05, 0) is 47.2 Å². The van der Waals surface area contributed by atoms with Gasteiger partial charge in [-0.3, -0.25) is 9.52 Å². The van der Waals surface area contributed by atoms with Crippen LogP contribution in [0.3, 0.4) is 0 Å². The van der Waals surface area contributed by atoms with Gasteiger partial charge in [-0.25, -0.2) is 8.42 Å². The van der Waals surface area contributed by atoms with Gasteiger partial charge in [0.2, 0.25) is 0 Å². The molecule has 2 heterocycles. The molecule has 25 heavy (non-hydrogen) atoms. The fraction of sp³-hybridized carbons (Fsp3) is 0.118. The number of carbonyl (C=O) groups excluding carboxylic acids is 1. The number of nitrogens with zero attached hydrogens (tertiary/aromatic N) is 1. The van der Waals surface area contributed by atoms with Crippen LogP contribution in [0.4, 0.5) is 5.69 Å². The summed E-state index contributed by atoms with van der Waals surface area (Å²) in [5, 5.41) is 3.68. The van der Waals surface area contributed by atoms with Crippen LogP contribution in [0, 0.1) is 0 Å². The van der Waals surface area contributed by atoms with Gasteiger partial charge in [0, 0.05) is 23.2 Å². The van der Waals surface area contributed by atoms with E-state index in [1.807, 2.05) is 17.5 Å². The zero-order valence-corrected chi connectivity index (χ0v) is 15.8. The number of rotatable bonds is 6. The quantitative estimate of drug-likeness (QED) is 0.692. The highest BCUT2D eigenvalue weighted by atomic mass is 32.2. The molecule has 3 rings (SSSR count). The Morgan fingerprint density at radius 3 is 2.32 bits per heavy atom. The molecule has 8 heteroatoms. The monoisotopic (exact) mass is 392 g/mol. The maximum atomic E-state index is 12.4. The number of hydrogen-bond donors (Lipinski definition) is 1. The van der Waals surface area contributed by atoms with E-state index in [0.29, 0.717) is 17.8 Å². The van der Waals surface area contributed by atoms with Crippen LogP contribution in [0.15, 0.2) is 63.5 Å². The topological polar surface area (TPSA) is 66.5 Å². The highest BCUT2D eigenvalue weighted by molar-refractivity contribution is 7.94.